The van der Waals surface area contributed by atoms with Crippen molar-refractivity contribution in [2.24, 2.45) is 0 Å². The first-order valence-corrected chi connectivity index (χ1v) is 12.0. The minimum Gasteiger partial charge on any atom is -0.347 e. The standard InChI is InChI=1S/C23H20F4N4O3S/c24-17-7-9-18(10-8-17)35(33,34)31-13-1-2-20(31)22(32)29-14-21-28-12-11-19(30-21)15-3-5-16(6-4-15)23(25,26)27/h3-12,20H,1-2,13-14H2,(H,29,32)/t20-/m0/s1. The van der Waals surface area contributed by atoms with Crippen molar-refractivity contribution in [1.82, 2.24) is 19.6 Å². The first-order chi connectivity index (χ1) is 16.6. The molecule has 1 aromatic heterocycles. The highest BCUT2D eigenvalue weighted by Gasteiger charge is 2.39. The lowest BCUT2D eigenvalue weighted by Crippen LogP contribution is -2.45. The Hall–Kier alpha value is -3.38. The molecule has 0 unspecified atom stereocenters. The Morgan fingerprint density at radius 1 is 1.06 bits per heavy atom. The number of nitrogens with zero attached hydrogens (tertiary/aromatic N) is 3. The van der Waals surface area contributed by atoms with Gasteiger partial charge in [-0.15, -0.1) is 0 Å². The molecule has 1 saturated heterocycles. The predicted octanol–water partition coefficient (Wildman–Crippen LogP) is 3.77. The van der Waals surface area contributed by atoms with Crippen LogP contribution in [0.15, 0.2) is 65.7 Å². The normalized spacial score (nSPS) is 16.9. The second-order valence-corrected chi connectivity index (χ2v) is 9.77. The number of alkyl halides is 3. The van der Waals surface area contributed by atoms with Gasteiger partial charge in [0.2, 0.25) is 15.9 Å². The van der Waals surface area contributed by atoms with E-state index >= 15 is 0 Å². The van der Waals surface area contributed by atoms with Gasteiger partial charge in [0, 0.05) is 18.3 Å². The SMILES string of the molecule is O=C(NCc1nccc(-c2ccc(C(F)(F)F)cc2)n1)[C@@H]1CCCN1S(=O)(=O)c1ccc(F)cc1. The molecule has 0 radical (unpaired) electrons. The molecule has 1 atom stereocenters. The van der Waals surface area contributed by atoms with Gasteiger partial charge in [-0.3, -0.25) is 4.79 Å². The third-order valence-electron chi connectivity index (χ3n) is 5.56. The molecule has 3 aromatic rings. The van der Waals surface area contributed by atoms with Crippen molar-refractivity contribution >= 4 is 15.9 Å². The zero-order chi connectivity index (χ0) is 25.2. The number of halogens is 4. The molecule has 2 aromatic carbocycles. The summed E-state index contributed by atoms with van der Waals surface area (Å²) in [5.41, 5.74) is 0.0409. The summed E-state index contributed by atoms with van der Waals surface area (Å²) in [4.78, 5) is 21.1. The molecule has 0 bridgehead atoms. The Kier molecular flexibility index (Phi) is 6.86. The Morgan fingerprint density at radius 2 is 1.74 bits per heavy atom. The summed E-state index contributed by atoms with van der Waals surface area (Å²) in [6.45, 7) is 0.0476. The molecule has 7 nitrogen and oxygen atoms in total. The fourth-order valence-corrected chi connectivity index (χ4v) is 5.45. The number of sulfonamides is 1. The average Bonchev–Trinajstić information content (AvgIpc) is 3.34. The number of carbonyl (C=O) groups excluding carboxylic acids is 1. The van der Waals surface area contributed by atoms with Crippen LogP contribution >= 0.6 is 0 Å². The summed E-state index contributed by atoms with van der Waals surface area (Å²) < 4.78 is 78.5. The monoisotopic (exact) mass is 508 g/mol. The first-order valence-electron chi connectivity index (χ1n) is 10.6. The summed E-state index contributed by atoms with van der Waals surface area (Å²) in [5, 5.41) is 2.63. The molecule has 12 heteroatoms. The first kappa shape index (κ1) is 24.7. The predicted molar refractivity (Wildman–Crippen MR) is 118 cm³/mol. The van der Waals surface area contributed by atoms with Crippen molar-refractivity contribution < 1.29 is 30.8 Å². The molecule has 35 heavy (non-hydrogen) atoms. The highest BCUT2D eigenvalue weighted by atomic mass is 32.2. The number of nitrogens with one attached hydrogen (secondary N) is 1. The second kappa shape index (κ2) is 9.70. The topological polar surface area (TPSA) is 92.3 Å². The zero-order valence-corrected chi connectivity index (χ0v) is 19.0. The molecule has 1 fully saturated rings. The van der Waals surface area contributed by atoms with Crippen LogP contribution in [0.4, 0.5) is 17.6 Å². The van der Waals surface area contributed by atoms with Crippen LogP contribution in [0.2, 0.25) is 0 Å². The summed E-state index contributed by atoms with van der Waals surface area (Å²) in [6.07, 6.45) is -2.22. The lowest BCUT2D eigenvalue weighted by molar-refractivity contribution is -0.137. The van der Waals surface area contributed by atoms with Crippen LogP contribution in [0.5, 0.6) is 0 Å². The van der Waals surface area contributed by atoms with Gasteiger partial charge in [0.05, 0.1) is 22.7 Å². The Morgan fingerprint density at radius 3 is 2.40 bits per heavy atom. The maximum absolute atomic E-state index is 13.2. The number of amides is 1. The van der Waals surface area contributed by atoms with E-state index < -0.39 is 39.5 Å². The van der Waals surface area contributed by atoms with Gasteiger partial charge in [0.25, 0.3) is 0 Å². The molecule has 0 spiro atoms. The highest BCUT2D eigenvalue weighted by Crippen LogP contribution is 2.30. The largest absolute Gasteiger partial charge is 0.416 e. The van der Waals surface area contributed by atoms with Crippen LogP contribution in [-0.4, -0.2) is 41.2 Å². The van der Waals surface area contributed by atoms with E-state index in [0.29, 0.717) is 24.1 Å². The molecular weight excluding hydrogens is 488 g/mol. The lowest BCUT2D eigenvalue weighted by atomic mass is 10.1. The molecule has 184 valence electrons. The molecule has 4 rings (SSSR count). The van der Waals surface area contributed by atoms with Crippen molar-refractivity contribution in [3.63, 3.8) is 0 Å². The van der Waals surface area contributed by atoms with Gasteiger partial charge in [-0.2, -0.15) is 17.5 Å². The third kappa shape index (κ3) is 5.49. The van der Waals surface area contributed by atoms with Gasteiger partial charge in [-0.25, -0.2) is 22.8 Å². The maximum atomic E-state index is 13.2. The fourth-order valence-electron chi connectivity index (χ4n) is 3.79. The van der Waals surface area contributed by atoms with Gasteiger partial charge in [0.15, 0.2) is 0 Å². The molecule has 2 heterocycles. The molecule has 0 saturated carbocycles. The Labute approximate surface area is 198 Å². The molecule has 1 N–H and O–H groups in total. The van der Waals surface area contributed by atoms with Gasteiger partial charge in [0.1, 0.15) is 17.7 Å². The summed E-state index contributed by atoms with van der Waals surface area (Å²) in [7, 11) is -3.99. The summed E-state index contributed by atoms with van der Waals surface area (Å²) in [5.74, 6) is -0.892. The van der Waals surface area contributed by atoms with Gasteiger partial charge in [-0.1, -0.05) is 12.1 Å². The van der Waals surface area contributed by atoms with Crippen LogP contribution in [0.3, 0.4) is 0 Å². The van der Waals surface area contributed by atoms with Crippen LogP contribution in [0.1, 0.15) is 24.2 Å². The van der Waals surface area contributed by atoms with Crippen molar-refractivity contribution in [3.8, 4) is 11.3 Å². The number of aromatic nitrogens is 2. The van der Waals surface area contributed by atoms with E-state index in [2.05, 4.69) is 15.3 Å². The minimum absolute atomic E-state index is 0.103. The maximum Gasteiger partial charge on any atom is 0.416 e. The summed E-state index contributed by atoms with van der Waals surface area (Å²) in [6, 6.07) is 9.47. The minimum atomic E-state index is -4.45. The Balaban J connectivity index is 1.44. The molecular formula is C23H20F4N4O3S. The van der Waals surface area contributed by atoms with Crippen molar-refractivity contribution in [1.29, 1.82) is 0 Å². The molecule has 1 aliphatic rings. The highest BCUT2D eigenvalue weighted by molar-refractivity contribution is 7.89. The van der Waals surface area contributed by atoms with Crippen molar-refractivity contribution in [3.05, 3.63) is 78.0 Å². The fraction of sp³-hybridized carbons (Fsp3) is 0.261. The van der Waals surface area contributed by atoms with E-state index in [1.54, 1.807) is 0 Å². The third-order valence-corrected chi connectivity index (χ3v) is 7.48. The van der Waals surface area contributed by atoms with E-state index in [4.69, 9.17) is 0 Å². The smallest absolute Gasteiger partial charge is 0.347 e. The number of hydrogen-bond acceptors (Lipinski definition) is 5. The second-order valence-electron chi connectivity index (χ2n) is 7.88. The number of carbonyl (C=O) groups is 1. The van der Waals surface area contributed by atoms with Crippen molar-refractivity contribution in [2.75, 3.05) is 6.54 Å². The number of hydrogen-bond donors (Lipinski definition) is 1. The van der Waals surface area contributed by atoms with Gasteiger partial charge >= 0.3 is 6.18 Å². The average molecular weight is 508 g/mol. The van der Waals surface area contributed by atoms with E-state index in [0.717, 1.165) is 40.7 Å². The lowest BCUT2D eigenvalue weighted by Gasteiger charge is -2.23. The zero-order valence-electron chi connectivity index (χ0n) is 18.2. The van der Waals surface area contributed by atoms with E-state index in [1.807, 2.05) is 0 Å². The number of rotatable bonds is 6. The van der Waals surface area contributed by atoms with Crippen LogP contribution < -0.4 is 5.32 Å². The van der Waals surface area contributed by atoms with E-state index in [1.165, 1.54) is 24.4 Å². The van der Waals surface area contributed by atoms with E-state index in [9.17, 15) is 30.8 Å². The van der Waals surface area contributed by atoms with Crippen LogP contribution in [-0.2, 0) is 27.5 Å². The molecule has 1 amide bonds. The van der Waals surface area contributed by atoms with Gasteiger partial charge in [-0.05, 0) is 55.3 Å². The summed E-state index contributed by atoms with van der Waals surface area (Å²) >= 11 is 0. The molecule has 0 aliphatic carbocycles. The quantitative estimate of drug-likeness (QED) is 0.512. The van der Waals surface area contributed by atoms with E-state index in [-0.39, 0.29) is 23.8 Å². The van der Waals surface area contributed by atoms with Gasteiger partial charge < -0.3 is 5.32 Å². The molecule has 1 aliphatic heterocycles. The van der Waals surface area contributed by atoms with Crippen LogP contribution in [0.25, 0.3) is 11.3 Å². The van der Waals surface area contributed by atoms with Crippen LogP contribution in [0, 0.1) is 5.82 Å². The Bertz CT molecular complexity index is 1310. The number of benzene rings is 2. The van der Waals surface area contributed by atoms with Crippen molar-refractivity contribution in [2.45, 2.75) is 36.5 Å².